The maximum Gasteiger partial charge on any atom is 0.276 e. The largest absolute Gasteiger partial charge is 0.289 e. The fraction of sp³-hybridized carbons (Fsp3) is 0. The topological polar surface area (TPSA) is 83.6 Å². The predicted octanol–water partition coefficient (Wildman–Crippen LogP) is 1.21. The molecule has 0 unspecified atom stereocenters. The van der Waals surface area contributed by atoms with Crippen LogP contribution in [0.2, 0.25) is 0 Å². The summed E-state index contributed by atoms with van der Waals surface area (Å²) in [4.78, 5) is 19.2. The number of nitrogens with one attached hydrogen (secondary N) is 2. The Labute approximate surface area is 93.3 Å². The van der Waals surface area contributed by atoms with Crippen LogP contribution in [0.15, 0.2) is 29.1 Å². The van der Waals surface area contributed by atoms with Gasteiger partial charge in [0.15, 0.2) is 0 Å². The van der Waals surface area contributed by atoms with E-state index in [1.54, 1.807) is 18.3 Å². The number of rotatable bonds is 2. The van der Waals surface area contributed by atoms with Gasteiger partial charge in [0, 0.05) is 10.7 Å². The van der Waals surface area contributed by atoms with Gasteiger partial charge in [-0.25, -0.2) is 10.1 Å². The number of amides is 1. The number of carbonyl (C=O) groups excluding carboxylic acids is 1. The molecule has 0 fully saturated rings. The number of halogens is 1. The zero-order chi connectivity index (χ0) is 10.7. The molecule has 0 atom stereocenters. The highest BCUT2D eigenvalue weighted by Crippen LogP contribution is 2.08. The first-order valence-corrected chi connectivity index (χ1v) is 4.83. The van der Waals surface area contributed by atoms with E-state index >= 15 is 0 Å². The standard InChI is InChI=1S/C8H6BrN5O/c9-5-1-2-6(10-3-5)7(15)13-8-11-4-12-14-8/h1-4H,(H2,11,12,13,14,15). The molecule has 7 heteroatoms. The second-order valence-corrected chi connectivity index (χ2v) is 3.57. The molecule has 2 heterocycles. The van der Waals surface area contributed by atoms with Crippen molar-refractivity contribution in [2.45, 2.75) is 0 Å². The van der Waals surface area contributed by atoms with E-state index in [0.29, 0.717) is 11.6 Å². The Bertz CT molecular complexity index is 452. The van der Waals surface area contributed by atoms with Crippen LogP contribution in [-0.4, -0.2) is 26.1 Å². The summed E-state index contributed by atoms with van der Waals surface area (Å²) in [6, 6.07) is 3.35. The lowest BCUT2D eigenvalue weighted by Crippen LogP contribution is -2.14. The third-order valence-corrected chi connectivity index (χ3v) is 2.08. The van der Waals surface area contributed by atoms with Crippen LogP contribution in [0, 0.1) is 0 Å². The van der Waals surface area contributed by atoms with Crippen LogP contribution in [-0.2, 0) is 0 Å². The van der Waals surface area contributed by atoms with E-state index in [9.17, 15) is 4.79 Å². The molecule has 6 nitrogen and oxygen atoms in total. The molecule has 2 rings (SSSR count). The fourth-order valence-electron chi connectivity index (χ4n) is 0.947. The summed E-state index contributed by atoms with van der Waals surface area (Å²) < 4.78 is 0.818. The van der Waals surface area contributed by atoms with E-state index < -0.39 is 0 Å². The first kappa shape index (κ1) is 9.78. The maximum absolute atomic E-state index is 11.5. The van der Waals surface area contributed by atoms with Gasteiger partial charge >= 0.3 is 0 Å². The molecule has 0 aliphatic rings. The van der Waals surface area contributed by atoms with Crippen LogP contribution < -0.4 is 5.32 Å². The minimum Gasteiger partial charge on any atom is -0.289 e. The lowest BCUT2D eigenvalue weighted by Gasteiger charge is -1.99. The van der Waals surface area contributed by atoms with E-state index in [1.165, 1.54) is 6.33 Å². The van der Waals surface area contributed by atoms with Gasteiger partial charge in [-0.05, 0) is 28.1 Å². The van der Waals surface area contributed by atoms with Crippen molar-refractivity contribution >= 4 is 27.8 Å². The first-order chi connectivity index (χ1) is 7.25. The fourth-order valence-corrected chi connectivity index (χ4v) is 1.18. The maximum atomic E-state index is 11.5. The monoisotopic (exact) mass is 267 g/mol. The van der Waals surface area contributed by atoms with Gasteiger partial charge in [-0.15, -0.1) is 0 Å². The lowest BCUT2D eigenvalue weighted by atomic mass is 10.3. The third-order valence-electron chi connectivity index (χ3n) is 1.61. The van der Waals surface area contributed by atoms with Crippen molar-refractivity contribution in [1.82, 2.24) is 20.2 Å². The number of hydrogen-bond donors (Lipinski definition) is 2. The minimum absolute atomic E-state index is 0.296. The first-order valence-electron chi connectivity index (χ1n) is 4.04. The van der Waals surface area contributed by atoms with E-state index in [4.69, 9.17) is 0 Å². The van der Waals surface area contributed by atoms with E-state index in [-0.39, 0.29) is 5.91 Å². The predicted molar refractivity (Wildman–Crippen MR) is 56.3 cm³/mol. The highest BCUT2D eigenvalue weighted by molar-refractivity contribution is 9.10. The van der Waals surface area contributed by atoms with E-state index in [1.807, 2.05) is 0 Å². The molecule has 0 saturated carbocycles. The molecular weight excluding hydrogens is 262 g/mol. The van der Waals surface area contributed by atoms with Gasteiger partial charge in [-0.3, -0.25) is 10.1 Å². The third kappa shape index (κ3) is 2.38. The summed E-state index contributed by atoms with van der Waals surface area (Å²) in [7, 11) is 0. The molecule has 0 aromatic carbocycles. The molecule has 0 aliphatic heterocycles. The molecule has 0 bridgehead atoms. The highest BCUT2D eigenvalue weighted by Gasteiger charge is 2.08. The van der Waals surface area contributed by atoms with Gasteiger partial charge in [0.1, 0.15) is 12.0 Å². The molecule has 0 saturated heterocycles. The Morgan fingerprint density at radius 2 is 2.27 bits per heavy atom. The van der Waals surface area contributed by atoms with Gasteiger partial charge in [-0.1, -0.05) is 0 Å². The lowest BCUT2D eigenvalue weighted by molar-refractivity contribution is 0.102. The van der Waals surface area contributed by atoms with Crippen LogP contribution >= 0.6 is 15.9 Å². The summed E-state index contributed by atoms with van der Waals surface area (Å²) in [6.45, 7) is 0. The molecule has 2 N–H and O–H groups in total. The average molecular weight is 268 g/mol. The smallest absolute Gasteiger partial charge is 0.276 e. The van der Waals surface area contributed by atoms with Crippen molar-refractivity contribution in [3.05, 3.63) is 34.8 Å². The number of aromatic amines is 1. The van der Waals surface area contributed by atoms with Crippen molar-refractivity contribution in [3.63, 3.8) is 0 Å². The number of nitrogens with zero attached hydrogens (tertiary/aromatic N) is 3. The van der Waals surface area contributed by atoms with Crippen molar-refractivity contribution < 1.29 is 4.79 Å². The van der Waals surface area contributed by atoms with Crippen LogP contribution in [0.3, 0.4) is 0 Å². The molecule has 1 amide bonds. The van der Waals surface area contributed by atoms with Gasteiger partial charge in [-0.2, -0.15) is 10.1 Å². The normalized spacial score (nSPS) is 9.93. The minimum atomic E-state index is -0.334. The van der Waals surface area contributed by atoms with Crippen LogP contribution in [0.4, 0.5) is 5.95 Å². The summed E-state index contributed by atoms with van der Waals surface area (Å²) >= 11 is 3.23. The van der Waals surface area contributed by atoms with Crippen molar-refractivity contribution in [1.29, 1.82) is 0 Å². The number of hydrogen-bond acceptors (Lipinski definition) is 4. The molecule has 76 valence electrons. The summed E-state index contributed by atoms with van der Waals surface area (Å²) in [5, 5.41) is 8.64. The molecular formula is C8H6BrN5O. The van der Waals surface area contributed by atoms with Crippen LogP contribution in [0.5, 0.6) is 0 Å². The van der Waals surface area contributed by atoms with Gasteiger partial charge < -0.3 is 0 Å². The second kappa shape index (κ2) is 4.18. The van der Waals surface area contributed by atoms with Gasteiger partial charge in [0.2, 0.25) is 5.95 Å². The van der Waals surface area contributed by atoms with E-state index in [2.05, 4.69) is 41.4 Å². The molecule has 0 spiro atoms. The number of anilines is 1. The van der Waals surface area contributed by atoms with Crippen LogP contribution in [0.1, 0.15) is 10.5 Å². The quantitative estimate of drug-likeness (QED) is 0.857. The Kier molecular flexibility index (Phi) is 2.72. The van der Waals surface area contributed by atoms with Crippen molar-refractivity contribution in [3.8, 4) is 0 Å². The summed E-state index contributed by atoms with van der Waals surface area (Å²) in [5.41, 5.74) is 0.314. The van der Waals surface area contributed by atoms with Gasteiger partial charge in [0.25, 0.3) is 5.91 Å². The Morgan fingerprint density at radius 1 is 1.40 bits per heavy atom. The molecule has 2 aromatic heterocycles. The number of aromatic nitrogens is 4. The van der Waals surface area contributed by atoms with Crippen molar-refractivity contribution in [2.75, 3.05) is 5.32 Å². The Morgan fingerprint density at radius 3 is 2.87 bits per heavy atom. The highest BCUT2D eigenvalue weighted by atomic mass is 79.9. The Hall–Kier alpha value is -1.76. The van der Waals surface area contributed by atoms with E-state index in [0.717, 1.165) is 4.47 Å². The number of pyridine rings is 1. The SMILES string of the molecule is O=C(Nc1ncn[nH]1)c1ccc(Br)cn1. The molecule has 2 aromatic rings. The average Bonchev–Trinajstić information content (AvgIpc) is 2.71. The van der Waals surface area contributed by atoms with Gasteiger partial charge in [0.05, 0.1) is 0 Å². The Balaban J connectivity index is 2.11. The second-order valence-electron chi connectivity index (χ2n) is 2.65. The molecule has 15 heavy (non-hydrogen) atoms. The summed E-state index contributed by atoms with van der Waals surface area (Å²) in [6.07, 6.45) is 2.86. The number of H-pyrrole nitrogens is 1. The molecule has 0 aliphatic carbocycles. The summed E-state index contributed by atoms with van der Waals surface area (Å²) in [5.74, 6) is -0.0380. The van der Waals surface area contributed by atoms with Crippen LogP contribution in [0.25, 0.3) is 0 Å². The number of carbonyl (C=O) groups is 1. The molecule has 0 radical (unpaired) electrons. The zero-order valence-corrected chi connectivity index (χ0v) is 9.02. The zero-order valence-electron chi connectivity index (χ0n) is 7.44. The van der Waals surface area contributed by atoms with Crippen molar-refractivity contribution in [2.24, 2.45) is 0 Å².